The van der Waals surface area contributed by atoms with E-state index in [0.717, 1.165) is 42.7 Å². The zero-order chi connectivity index (χ0) is 14.7. The van der Waals surface area contributed by atoms with Crippen LogP contribution in [-0.4, -0.2) is 25.5 Å². The fraction of sp³-hybridized carbons (Fsp3) is 0.235. The molecule has 0 aliphatic carbocycles. The highest BCUT2D eigenvalue weighted by Gasteiger charge is 2.18. The summed E-state index contributed by atoms with van der Waals surface area (Å²) in [6.07, 6.45) is 1.89. The summed E-state index contributed by atoms with van der Waals surface area (Å²) in [7, 11) is 0. The Morgan fingerprint density at radius 2 is 2.00 bits per heavy atom. The smallest absolute Gasteiger partial charge is 0.150 e. The van der Waals surface area contributed by atoms with E-state index in [1.807, 2.05) is 0 Å². The summed E-state index contributed by atoms with van der Waals surface area (Å²) in [6.45, 7) is 1.77. The predicted octanol–water partition coefficient (Wildman–Crippen LogP) is 3.05. The van der Waals surface area contributed by atoms with E-state index in [-0.39, 0.29) is 11.9 Å². The third kappa shape index (κ3) is 3.11. The van der Waals surface area contributed by atoms with Crippen molar-refractivity contribution in [3.8, 4) is 16.9 Å². The molecule has 1 saturated heterocycles. The molecule has 0 aromatic heterocycles. The SMILES string of the molecule is O=Cc1ccc(OC2CCNC2)c(-c2ccc(F)cc2)c1. The van der Waals surface area contributed by atoms with Crippen LogP contribution in [-0.2, 0) is 0 Å². The summed E-state index contributed by atoms with van der Waals surface area (Å²) in [4.78, 5) is 11.0. The van der Waals surface area contributed by atoms with Gasteiger partial charge in [0.15, 0.2) is 0 Å². The summed E-state index contributed by atoms with van der Waals surface area (Å²) in [5, 5.41) is 3.25. The van der Waals surface area contributed by atoms with E-state index in [4.69, 9.17) is 4.74 Å². The molecule has 4 heteroatoms. The maximum absolute atomic E-state index is 13.1. The van der Waals surface area contributed by atoms with Crippen LogP contribution in [0.5, 0.6) is 5.75 Å². The second-order valence-electron chi connectivity index (χ2n) is 5.11. The highest BCUT2D eigenvalue weighted by molar-refractivity contribution is 5.81. The van der Waals surface area contributed by atoms with Crippen molar-refractivity contribution >= 4 is 6.29 Å². The zero-order valence-corrected chi connectivity index (χ0v) is 11.5. The van der Waals surface area contributed by atoms with Gasteiger partial charge in [-0.1, -0.05) is 12.1 Å². The average Bonchev–Trinajstić information content (AvgIpc) is 3.02. The van der Waals surface area contributed by atoms with Crippen molar-refractivity contribution in [3.05, 3.63) is 53.8 Å². The molecule has 1 aliphatic rings. The Balaban J connectivity index is 1.98. The molecule has 1 atom stereocenters. The fourth-order valence-corrected chi connectivity index (χ4v) is 2.49. The lowest BCUT2D eigenvalue weighted by Gasteiger charge is -2.16. The minimum absolute atomic E-state index is 0.131. The van der Waals surface area contributed by atoms with Gasteiger partial charge in [0.25, 0.3) is 0 Å². The Morgan fingerprint density at radius 3 is 2.67 bits per heavy atom. The summed E-state index contributed by atoms with van der Waals surface area (Å²) < 4.78 is 19.1. The molecular formula is C17H16FNO2. The van der Waals surface area contributed by atoms with Crippen molar-refractivity contribution in [2.45, 2.75) is 12.5 Å². The topological polar surface area (TPSA) is 38.3 Å². The Morgan fingerprint density at radius 1 is 1.19 bits per heavy atom. The second kappa shape index (κ2) is 6.06. The number of carbonyl (C=O) groups is 1. The lowest BCUT2D eigenvalue weighted by molar-refractivity contribution is 0.112. The van der Waals surface area contributed by atoms with Crippen LogP contribution in [0.3, 0.4) is 0 Å². The molecule has 0 bridgehead atoms. The van der Waals surface area contributed by atoms with Crippen molar-refractivity contribution in [1.82, 2.24) is 5.32 Å². The zero-order valence-electron chi connectivity index (χ0n) is 11.5. The molecular weight excluding hydrogens is 269 g/mol. The van der Waals surface area contributed by atoms with Gasteiger partial charge in [0.2, 0.25) is 0 Å². The highest BCUT2D eigenvalue weighted by atomic mass is 19.1. The van der Waals surface area contributed by atoms with E-state index in [2.05, 4.69) is 5.32 Å². The minimum Gasteiger partial charge on any atom is -0.488 e. The molecule has 3 nitrogen and oxygen atoms in total. The van der Waals surface area contributed by atoms with E-state index in [1.165, 1.54) is 12.1 Å². The van der Waals surface area contributed by atoms with Crippen LogP contribution in [0.2, 0.25) is 0 Å². The summed E-state index contributed by atoms with van der Waals surface area (Å²) in [5.41, 5.74) is 2.22. The van der Waals surface area contributed by atoms with Crippen LogP contribution in [0.1, 0.15) is 16.8 Å². The maximum atomic E-state index is 13.1. The Kier molecular flexibility index (Phi) is 3.97. The number of benzene rings is 2. The molecule has 0 radical (unpaired) electrons. The van der Waals surface area contributed by atoms with E-state index in [9.17, 15) is 9.18 Å². The normalized spacial score (nSPS) is 17.7. The van der Waals surface area contributed by atoms with Gasteiger partial charge >= 0.3 is 0 Å². The van der Waals surface area contributed by atoms with Crippen molar-refractivity contribution in [3.63, 3.8) is 0 Å². The summed E-state index contributed by atoms with van der Waals surface area (Å²) in [6, 6.07) is 11.5. The first-order valence-corrected chi connectivity index (χ1v) is 6.99. The predicted molar refractivity (Wildman–Crippen MR) is 79.1 cm³/mol. The molecule has 0 saturated carbocycles. The number of carbonyl (C=O) groups excluding carboxylic acids is 1. The van der Waals surface area contributed by atoms with Gasteiger partial charge in [0, 0.05) is 17.7 Å². The van der Waals surface area contributed by atoms with Crippen molar-refractivity contribution in [2.75, 3.05) is 13.1 Å². The first kappa shape index (κ1) is 13.8. The van der Waals surface area contributed by atoms with Crippen molar-refractivity contribution < 1.29 is 13.9 Å². The van der Waals surface area contributed by atoms with Gasteiger partial charge in [-0.2, -0.15) is 0 Å². The van der Waals surface area contributed by atoms with Crippen LogP contribution in [0.15, 0.2) is 42.5 Å². The van der Waals surface area contributed by atoms with Crippen LogP contribution >= 0.6 is 0 Å². The lowest BCUT2D eigenvalue weighted by atomic mass is 10.0. The number of halogens is 1. The molecule has 1 N–H and O–H groups in total. The van der Waals surface area contributed by atoms with E-state index in [1.54, 1.807) is 30.3 Å². The molecule has 1 heterocycles. The minimum atomic E-state index is -0.284. The van der Waals surface area contributed by atoms with Gasteiger partial charge < -0.3 is 10.1 Å². The number of hydrogen-bond donors (Lipinski definition) is 1. The van der Waals surface area contributed by atoms with Gasteiger partial charge in [-0.3, -0.25) is 4.79 Å². The molecule has 2 aromatic rings. The Labute approximate surface area is 122 Å². The van der Waals surface area contributed by atoms with Gasteiger partial charge in [-0.15, -0.1) is 0 Å². The van der Waals surface area contributed by atoms with Gasteiger partial charge in [0.05, 0.1) is 0 Å². The summed E-state index contributed by atoms with van der Waals surface area (Å²) >= 11 is 0. The standard InChI is InChI=1S/C17H16FNO2/c18-14-4-2-13(3-5-14)16-9-12(11-20)1-6-17(16)21-15-7-8-19-10-15/h1-6,9,11,15,19H,7-8,10H2. The van der Waals surface area contributed by atoms with E-state index < -0.39 is 0 Å². The fourth-order valence-electron chi connectivity index (χ4n) is 2.49. The molecule has 3 rings (SSSR count). The van der Waals surface area contributed by atoms with E-state index in [0.29, 0.717) is 5.56 Å². The number of rotatable bonds is 4. The molecule has 1 fully saturated rings. The molecule has 0 amide bonds. The van der Waals surface area contributed by atoms with Gasteiger partial charge in [-0.05, 0) is 48.9 Å². The van der Waals surface area contributed by atoms with Gasteiger partial charge in [-0.25, -0.2) is 4.39 Å². The number of aldehydes is 1. The molecule has 21 heavy (non-hydrogen) atoms. The number of hydrogen-bond acceptors (Lipinski definition) is 3. The average molecular weight is 285 g/mol. The van der Waals surface area contributed by atoms with Crippen LogP contribution in [0.4, 0.5) is 4.39 Å². The van der Waals surface area contributed by atoms with Crippen molar-refractivity contribution in [2.24, 2.45) is 0 Å². The van der Waals surface area contributed by atoms with Crippen LogP contribution in [0.25, 0.3) is 11.1 Å². The monoisotopic (exact) mass is 285 g/mol. The van der Waals surface area contributed by atoms with E-state index >= 15 is 0 Å². The Hall–Kier alpha value is -2.20. The highest BCUT2D eigenvalue weighted by Crippen LogP contribution is 2.32. The molecule has 0 spiro atoms. The Bertz CT molecular complexity index is 634. The third-order valence-corrected chi connectivity index (χ3v) is 3.60. The van der Waals surface area contributed by atoms with Crippen LogP contribution < -0.4 is 10.1 Å². The first-order chi connectivity index (χ1) is 10.3. The molecule has 108 valence electrons. The quantitative estimate of drug-likeness (QED) is 0.877. The summed E-state index contributed by atoms with van der Waals surface area (Å²) in [5.74, 6) is 0.439. The maximum Gasteiger partial charge on any atom is 0.150 e. The van der Waals surface area contributed by atoms with Crippen molar-refractivity contribution in [1.29, 1.82) is 0 Å². The lowest BCUT2D eigenvalue weighted by Crippen LogP contribution is -2.19. The third-order valence-electron chi connectivity index (χ3n) is 3.60. The first-order valence-electron chi connectivity index (χ1n) is 6.99. The molecule has 1 unspecified atom stereocenters. The molecule has 2 aromatic carbocycles. The van der Waals surface area contributed by atoms with Crippen LogP contribution in [0, 0.1) is 5.82 Å². The van der Waals surface area contributed by atoms with Gasteiger partial charge in [0.1, 0.15) is 24.0 Å². The number of ether oxygens (including phenoxy) is 1. The second-order valence-corrected chi connectivity index (χ2v) is 5.11. The number of nitrogens with one attached hydrogen (secondary N) is 1. The molecule has 1 aliphatic heterocycles. The largest absolute Gasteiger partial charge is 0.488 e.